The van der Waals surface area contributed by atoms with Gasteiger partial charge >= 0.3 is 0 Å². The largest absolute Gasteiger partial charge is 0.310 e. The summed E-state index contributed by atoms with van der Waals surface area (Å²) in [4.78, 5) is 18.0. The van der Waals surface area contributed by atoms with Crippen molar-refractivity contribution in [1.82, 2.24) is 9.97 Å². The van der Waals surface area contributed by atoms with Crippen LogP contribution in [0.4, 0.5) is 0 Å². The second-order valence-corrected chi connectivity index (χ2v) is 4.76. The van der Waals surface area contributed by atoms with E-state index in [0.717, 1.165) is 17.3 Å². The van der Waals surface area contributed by atoms with Crippen LogP contribution in [-0.4, -0.2) is 15.2 Å². The Balaban J connectivity index is 2.72. The second kappa shape index (κ2) is 4.46. The number of hydrogen-bond acceptors (Lipinski definition) is 3. The molecule has 0 saturated carbocycles. The highest BCUT2D eigenvalue weighted by atomic mass is 32.2. The number of aromatic nitrogens is 2. The minimum Gasteiger partial charge on any atom is -0.310 e. The maximum atomic E-state index is 11.1. The number of nitrogens with zero attached hydrogens (tertiary/aromatic N) is 1. The van der Waals surface area contributed by atoms with Crippen LogP contribution in [0.2, 0.25) is 0 Å². The molecular formula is C9H14N2OS. The zero-order valence-corrected chi connectivity index (χ0v) is 8.94. The minimum absolute atomic E-state index is 0.0631. The van der Waals surface area contributed by atoms with Gasteiger partial charge in [0.15, 0.2) is 0 Å². The van der Waals surface area contributed by atoms with Crippen LogP contribution >= 0.6 is 11.8 Å². The molecule has 0 bridgehead atoms. The van der Waals surface area contributed by atoms with Gasteiger partial charge < -0.3 is 4.98 Å². The molecule has 0 spiro atoms. The average molecular weight is 198 g/mol. The Morgan fingerprint density at radius 2 is 2.31 bits per heavy atom. The first-order valence-electron chi connectivity index (χ1n) is 4.26. The molecule has 1 heterocycles. The lowest BCUT2D eigenvalue weighted by atomic mass is 10.4. The van der Waals surface area contributed by atoms with Crippen molar-refractivity contribution in [3.05, 3.63) is 27.9 Å². The second-order valence-electron chi connectivity index (χ2n) is 3.19. The summed E-state index contributed by atoms with van der Waals surface area (Å²) in [6.45, 7) is 6.08. The van der Waals surface area contributed by atoms with Gasteiger partial charge in [-0.05, 0) is 12.2 Å². The quantitative estimate of drug-likeness (QED) is 0.804. The van der Waals surface area contributed by atoms with Gasteiger partial charge in [-0.25, -0.2) is 4.98 Å². The van der Waals surface area contributed by atoms with Gasteiger partial charge in [-0.15, -0.1) is 0 Å². The summed E-state index contributed by atoms with van der Waals surface area (Å²) >= 11 is 1.77. The molecule has 1 aromatic heterocycles. The first-order valence-corrected chi connectivity index (χ1v) is 5.31. The Bertz CT molecular complexity index is 333. The van der Waals surface area contributed by atoms with Gasteiger partial charge in [0.25, 0.3) is 5.56 Å². The molecule has 0 aliphatic heterocycles. The zero-order chi connectivity index (χ0) is 9.84. The fourth-order valence-corrected chi connectivity index (χ4v) is 1.58. The van der Waals surface area contributed by atoms with Gasteiger partial charge in [0.1, 0.15) is 5.82 Å². The van der Waals surface area contributed by atoms with Crippen LogP contribution in [-0.2, 0) is 5.75 Å². The standard InChI is InChI=1S/C9H14N2OS/c1-6(2)13-5-8-10-7(3)4-9(12)11-8/h4,6H,5H2,1-3H3,(H,10,11,12). The van der Waals surface area contributed by atoms with Gasteiger partial charge in [-0.1, -0.05) is 13.8 Å². The molecule has 1 N–H and O–H groups in total. The van der Waals surface area contributed by atoms with Crippen molar-refractivity contribution in [2.45, 2.75) is 31.8 Å². The van der Waals surface area contributed by atoms with E-state index in [9.17, 15) is 4.79 Å². The van der Waals surface area contributed by atoms with Crippen LogP contribution in [0.15, 0.2) is 10.9 Å². The van der Waals surface area contributed by atoms with Gasteiger partial charge in [-0.3, -0.25) is 4.79 Å². The van der Waals surface area contributed by atoms with E-state index >= 15 is 0 Å². The van der Waals surface area contributed by atoms with E-state index in [0.29, 0.717) is 5.25 Å². The van der Waals surface area contributed by atoms with Gasteiger partial charge in [-0.2, -0.15) is 11.8 Å². The molecule has 0 amide bonds. The van der Waals surface area contributed by atoms with Gasteiger partial charge in [0.05, 0.1) is 5.75 Å². The number of hydrogen-bond donors (Lipinski definition) is 1. The van der Waals surface area contributed by atoms with Crippen molar-refractivity contribution in [3.63, 3.8) is 0 Å². The van der Waals surface area contributed by atoms with Crippen LogP contribution in [0.5, 0.6) is 0 Å². The Labute approximate surface area is 82.0 Å². The van der Waals surface area contributed by atoms with E-state index in [1.807, 2.05) is 6.92 Å². The molecule has 0 aromatic carbocycles. The molecular weight excluding hydrogens is 184 g/mol. The monoisotopic (exact) mass is 198 g/mol. The highest BCUT2D eigenvalue weighted by Gasteiger charge is 2.00. The predicted octanol–water partition coefficient (Wildman–Crippen LogP) is 1.72. The SMILES string of the molecule is Cc1cc(=O)[nH]c(CSC(C)C)n1. The molecule has 0 aliphatic carbocycles. The summed E-state index contributed by atoms with van der Waals surface area (Å²) in [6.07, 6.45) is 0. The highest BCUT2D eigenvalue weighted by Crippen LogP contribution is 2.13. The van der Waals surface area contributed by atoms with Gasteiger partial charge in [0, 0.05) is 11.8 Å². The first kappa shape index (κ1) is 10.3. The van der Waals surface area contributed by atoms with Crippen molar-refractivity contribution < 1.29 is 0 Å². The Morgan fingerprint density at radius 1 is 1.62 bits per heavy atom. The summed E-state index contributed by atoms with van der Waals surface area (Å²) in [5.41, 5.74) is 0.718. The number of rotatable bonds is 3. The van der Waals surface area contributed by atoms with E-state index in [-0.39, 0.29) is 5.56 Å². The van der Waals surface area contributed by atoms with Crippen LogP contribution in [0, 0.1) is 6.92 Å². The lowest BCUT2D eigenvalue weighted by Gasteiger charge is -2.03. The smallest absolute Gasteiger partial charge is 0.251 e. The molecule has 1 aromatic rings. The molecule has 0 unspecified atom stereocenters. The summed E-state index contributed by atoms with van der Waals surface area (Å²) in [7, 11) is 0. The van der Waals surface area contributed by atoms with E-state index < -0.39 is 0 Å². The molecule has 0 aliphatic rings. The summed E-state index contributed by atoms with van der Waals surface area (Å²) in [5.74, 6) is 1.54. The maximum Gasteiger partial charge on any atom is 0.251 e. The number of H-pyrrole nitrogens is 1. The highest BCUT2D eigenvalue weighted by molar-refractivity contribution is 7.99. The molecule has 0 fully saturated rings. The topological polar surface area (TPSA) is 45.8 Å². The number of aromatic amines is 1. The molecule has 0 saturated heterocycles. The molecule has 4 heteroatoms. The van der Waals surface area contributed by atoms with Crippen molar-refractivity contribution in [1.29, 1.82) is 0 Å². The Kier molecular flexibility index (Phi) is 3.54. The number of nitrogens with one attached hydrogen (secondary N) is 1. The maximum absolute atomic E-state index is 11.1. The number of aryl methyl sites for hydroxylation is 1. The fourth-order valence-electron chi connectivity index (χ4n) is 0.955. The molecule has 1 rings (SSSR count). The summed E-state index contributed by atoms with van der Waals surface area (Å²) in [5, 5.41) is 0.561. The Morgan fingerprint density at radius 3 is 2.85 bits per heavy atom. The lowest BCUT2D eigenvalue weighted by molar-refractivity contribution is 0.963. The van der Waals surface area contributed by atoms with E-state index in [2.05, 4.69) is 23.8 Å². The van der Waals surface area contributed by atoms with Crippen molar-refractivity contribution in [2.75, 3.05) is 0 Å². The molecule has 13 heavy (non-hydrogen) atoms. The summed E-state index contributed by atoms with van der Waals surface area (Å²) in [6, 6.07) is 1.50. The van der Waals surface area contributed by atoms with Crippen LogP contribution in [0.25, 0.3) is 0 Å². The van der Waals surface area contributed by atoms with Crippen molar-refractivity contribution >= 4 is 11.8 Å². The molecule has 72 valence electrons. The predicted molar refractivity (Wildman–Crippen MR) is 56.0 cm³/mol. The van der Waals surface area contributed by atoms with Crippen molar-refractivity contribution in [2.24, 2.45) is 0 Å². The minimum atomic E-state index is -0.0631. The normalized spacial score (nSPS) is 10.8. The van der Waals surface area contributed by atoms with E-state index in [1.54, 1.807) is 11.8 Å². The third kappa shape index (κ3) is 3.63. The number of thioether (sulfide) groups is 1. The molecule has 0 atom stereocenters. The lowest BCUT2D eigenvalue weighted by Crippen LogP contribution is -2.10. The summed E-state index contributed by atoms with van der Waals surface area (Å²) < 4.78 is 0. The van der Waals surface area contributed by atoms with Crippen LogP contribution in [0.3, 0.4) is 0 Å². The van der Waals surface area contributed by atoms with Crippen molar-refractivity contribution in [3.8, 4) is 0 Å². The van der Waals surface area contributed by atoms with Crippen LogP contribution < -0.4 is 5.56 Å². The Hall–Kier alpha value is -0.770. The average Bonchev–Trinajstić information content (AvgIpc) is 1.99. The van der Waals surface area contributed by atoms with E-state index in [1.165, 1.54) is 6.07 Å². The zero-order valence-electron chi connectivity index (χ0n) is 8.13. The third-order valence-corrected chi connectivity index (χ3v) is 2.58. The van der Waals surface area contributed by atoms with E-state index in [4.69, 9.17) is 0 Å². The first-order chi connectivity index (χ1) is 6.08. The third-order valence-electron chi connectivity index (χ3n) is 1.47. The van der Waals surface area contributed by atoms with Crippen LogP contribution in [0.1, 0.15) is 25.4 Å². The van der Waals surface area contributed by atoms with Gasteiger partial charge in [0.2, 0.25) is 0 Å². The molecule has 3 nitrogen and oxygen atoms in total. The fraction of sp³-hybridized carbons (Fsp3) is 0.556. The molecule has 0 radical (unpaired) electrons.